The highest BCUT2D eigenvalue weighted by molar-refractivity contribution is 6.37. The Morgan fingerprint density at radius 3 is 2.50 bits per heavy atom. The number of halogens is 2. The van der Waals surface area contributed by atoms with Crippen molar-refractivity contribution in [3.8, 4) is 0 Å². The third-order valence-electron chi connectivity index (χ3n) is 3.36. The molecule has 2 rings (SSSR count). The van der Waals surface area contributed by atoms with Crippen molar-refractivity contribution in [1.82, 2.24) is 0 Å². The minimum absolute atomic E-state index is 0.182. The van der Waals surface area contributed by atoms with Gasteiger partial charge in [0.15, 0.2) is 0 Å². The molecule has 3 nitrogen and oxygen atoms in total. The normalized spacial score (nSPS) is 16.9. The van der Waals surface area contributed by atoms with Crippen LogP contribution in [0, 0.1) is 5.92 Å². The van der Waals surface area contributed by atoms with E-state index < -0.39 is 5.97 Å². The number of carboxylic acids is 1. The summed E-state index contributed by atoms with van der Waals surface area (Å²) >= 11 is 12.0. The van der Waals surface area contributed by atoms with Gasteiger partial charge in [0.1, 0.15) is 0 Å². The van der Waals surface area contributed by atoms with E-state index in [1.54, 1.807) is 6.07 Å². The second kappa shape index (κ2) is 5.37. The van der Waals surface area contributed by atoms with Crippen LogP contribution in [0.4, 0.5) is 5.69 Å². The molecule has 0 bridgehead atoms. The maximum atomic E-state index is 11.3. The number of anilines is 1. The Labute approximate surface area is 116 Å². The minimum atomic E-state index is -0.993. The number of carboxylic acid groups (broad SMARTS) is 1. The average molecular weight is 288 g/mol. The first-order valence-corrected chi connectivity index (χ1v) is 6.72. The Hall–Kier alpha value is -0.930. The molecule has 1 heterocycles. The Morgan fingerprint density at radius 2 is 1.94 bits per heavy atom. The Bertz CT molecular complexity index is 468. The molecule has 18 heavy (non-hydrogen) atoms. The molecule has 1 aliphatic rings. The van der Waals surface area contributed by atoms with Crippen LogP contribution in [-0.4, -0.2) is 24.2 Å². The van der Waals surface area contributed by atoms with Gasteiger partial charge in [-0.25, -0.2) is 4.79 Å². The second-order valence-corrected chi connectivity index (χ2v) is 5.60. The van der Waals surface area contributed by atoms with Gasteiger partial charge in [-0.15, -0.1) is 0 Å². The summed E-state index contributed by atoms with van der Waals surface area (Å²) in [5.74, 6) is -0.311. The van der Waals surface area contributed by atoms with Crippen molar-refractivity contribution >= 4 is 34.9 Å². The largest absolute Gasteiger partial charge is 0.478 e. The van der Waals surface area contributed by atoms with Gasteiger partial charge in [0, 0.05) is 18.1 Å². The van der Waals surface area contributed by atoms with Crippen molar-refractivity contribution in [2.75, 3.05) is 18.0 Å². The zero-order valence-corrected chi connectivity index (χ0v) is 11.6. The van der Waals surface area contributed by atoms with Gasteiger partial charge in [-0.1, -0.05) is 30.1 Å². The lowest BCUT2D eigenvalue weighted by Gasteiger charge is -2.33. The van der Waals surface area contributed by atoms with Crippen LogP contribution in [0.25, 0.3) is 0 Å². The van der Waals surface area contributed by atoms with Crippen LogP contribution in [0.2, 0.25) is 10.0 Å². The van der Waals surface area contributed by atoms with E-state index in [9.17, 15) is 9.90 Å². The fourth-order valence-electron chi connectivity index (χ4n) is 2.28. The van der Waals surface area contributed by atoms with Crippen LogP contribution in [0.1, 0.15) is 30.1 Å². The molecule has 0 unspecified atom stereocenters. The summed E-state index contributed by atoms with van der Waals surface area (Å²) in [5, 5.41) is 10.0. The van der Waals surface area contributed by atoms with E-state index in [0.29, 0.717) is 21.7 Å². The fourth-order valence-corrected chi connectivity index (χ4v) is 2.90. The Kier molecular flexibility index (Phi) is 4.03. The molecule has 1 N–H and O–H groups in total. The van der Waals surface area contributed by atoms with Crippen molar-refractivity contribution < 1.29 is 9.90 Å². The minimum Gasteiger partial charge on any atom is -0.478 e. The molecule has 1 fully saturated rings. The van der Waals surface area contributed by atoms with Gasteiger partial charge in [-0.2, -0.15) is 0 Å². The highest BCUT2D eigenvalue weighted by atomic mass is 35.5. The Balaban J connectivity index is 2.39. The smallest absolute Gasteiger partial charge is 0.337 e. The number of nitrogens with zero attached hydrogens (tertiary/aromatic N) is 1. The molecule has 1 saturated heterocycles. The molecule has 0 atom stereocenters. The lowest BCUT2D eigenvalue weighted by molar-refractivity contribution is 0.0697. The summed E-state index contributed by atoms with van der Waals surface area (Å²) in [6.45, 7) is 3.88. The third-order valence-corrected chi connectivity index (χ3v) is 3.86. The van der Waals surface area contributed by atoms with Crippen molar-refractivity contribution in [3.05, 3.63) is 27.7 Å². The molecule has 0 aromatic heterocycles. The standard InChI is InChI=1S/C13H15Cl2NO2/c1-8-2-4-16(5-3-8)12-10(13(17)18)6-9(14)7-11(12)15/h6-8H,2-5H2,1H3,(H,17,18). The molecule has 1 aliphatic heterocycles. The van der Waals surface area contributed by atoms with Crippen molar-refractivity contribution in [2.24, 2.45) is 5.92 Å². The number of benzene rings is 1. The van der Waals surface area contributed by atoms with E-state index in [-0.39, 0.29) is 5.56 Å². The van der Waals surface area contributed by atoms with E-state index in [2.05, 4.69) is 6.92 Å². The van der Waals surface area contributed by atoms with Crippen LogP contribution in [-0.2, 0) is 0 Å². The molecule has 98 valence electrons. The van der Waals surface area contributed by atoms with E-state index in [4.69, 9.17) is 23.2 Å². The van der Waals surface area contributed by atoms with E-state index in [0.717, 1.165) is 25.9 Å². The number of piperidine rings is 1. The molecule has 1 aromatic carbocycles. The van der Waals surface area contributed by atoms with E-state index in [1.165, 1.54) is 6.07 Å². The van der Waals surface area contributed by atoms with Gasteiger partial charge in [0.2, 0.25) is 0 Å². The molecule has 0 radical (unpaired) electrons. The first kappa shape index (κ1) is 13.5. The summed E-state index contributed by atoms with van der Waals surface area (Å²) in [6, 6.07) is 3.06. The van der Waals surface area contributed by atoms with Gasteiger partial charge in [0.05, 0.1) is 16.3 Å². The lowest BCUT2D eigenvalue weighted by Crippen LogP contribution is -2.34. The van der Waals surface area contributed by atoms with Crippen LogP contribution in [0.15, 0.2) is 12.1 Å². The highest BCUT2D eigenvalue weighted by Gasteiger charge is 2.23. The second-order valence-electron chi connectivity index (χ2n) is 4.76. The first-order chi connectivity index (χ1) is 8.49. The molecule has 0 aliphatic carbocycles. The summed E-state index contributed by atoms with van der Waals surface area (Å²) < 4.78 is 0. The molecule has 0 amide bonds. The Morgan fingerprint density at radius 1 is 1.33 bits per heavy atom. The van der Waals surface area contributed by atoms with Crippen LogP contribution >= 0.6 is 23.2 Å². The van der Waals surface area contributed by atoms with Crippen molar-refractivity contribution in [2.45, 2.75) is 19.8 Å². The van der Waals surface area contributed by atoms with Crippen molar-refractivity contribution in [1.29, 1.82) is 0 Å². The van der Waals surface area contributed by atoms with Gasteiger partial charge in [0.25, 0.3) is 0 Å². The third kappa shape index (κ3) is 2.73. The SMILES string of the molecule is CC1CCN(c2c(Cl)cc(Cl)cc2C(=O)O)CC1. The molecule has 0 saturated carbocycles. The summed E-state index contributed by atoms with van der Waals surface area (Å²) in [6.07, 6.45) is 2.11. The summed E-state index contributed by atoms with van der Waals surface area (Å²) in [7, 11) is 0. The fraction of sp³-hybridized carbons (Fsp3) is 0.462. The maximum absolute atomic E-state index is 11.3. The number of aromatic carboxylic acids is 1. The summed E-state index contributed by atoms with van der Waals surface area (Å²) in [4.78, 5) is 13.3. The summed E-state index contributed by atoms with van der Waals surface area (Å²) in [5.41, 5.74) is 0.780. The quantitative estimate of drug-likeness (QED) is 0.896. The highest BCUT2D eigenvalue weighted by Crippen LogP contribution is 2.35. The zero-order chi connectivity index (χ0) is 13.3. The first-order valence-electron chi connectivity index (χ1n) is 5.96. The van der Waals surface area contributed by atoms with Crippen LogP contribution in [0.3, 0.4) is 0 Å². The van der Waals surface area contributed by atoms with Crippen LogP contribution < -0.4 is 4.90 Å². The van der Waals surface area contributed by atoms with Crippen LogP contribution in [0.5, 0.6) is 0 Å². The number of rotatable bonds is 2. The van der Waals surface area contributed by atoms with Gasteiger partial charge < -0.3 is 10.0 Å². The number of carbonyl (C=O) groups is 1. The predicted molar refractivity (Wildman–Crippen MR) is 74.0 cm³/mol. The topological polar surface area (TPSA) is 40.5 Å². The van der Waals surface area contributed by atoms with Crippen molar-refractivity contribution in [3.63, 3.8) is 0 Å². The molecule has 1 aromatic rings. The monoisotopic (exact) mass is 287 g/mol. The van der Waals surface area contributed by atoms with Gasteiger partial charge >= 0.3 is 5.97 Å². The van der Waals surface area contributed by atoms with E-state index >= 15 is 0 Å². The maximum Gasteiger partial charge on any atom is 0.337 e. The zero-order valence-electron chi connectivity index (χ0n) is 10.1. The average Bonchev–Trinajstić information content (AvgIpc) is 2.29. The number of hydrogen-bond acceptors (Lipinski definition) is 2. The molecular weight excluding hydrogens is 273 g/mol. The van der Waals surface area contributed by atoms with E-state index in [1.807, 2.05) is 4.90 Å². The molecule has 5 heteroatoms. The van der Waals surface area contributed by atoms with Gasteiger partial charge in [-0.3, -0.25) is 0 Å². The lowest BCUT2D eigenvalue weighted by atomic mass is 9.98. The predicted octanol–water partition coefficient (Wildman–Crippen LogP) is 3.93. The molecular formula is C13H15Cl2NO2. The molecule has 0 spiro atoms. The number of hydrogen-bond donors (Lipinski definition) is 1. The van der Waals surface area contributed by atoms with Gasteiger partial charge in [-0.05, 0) is 30.9 Å².